The first-order chi connectivity index (χ1) is 1.73. The molecule has 0 aliphatic heterocycles. The Hall–Kier alpha value is 1.72. The van der Waals surface area contributed by atoms with Crippen LogP contribution in [-0.4, -0.2) is 77.0 Å². The van der Waals surface area contributed by atoms with Crippen molar-refractivity contribution in [3.8, 4) is 0 Å². The molecule has 5 heteroatoms. The van der Waals surface area contributed by atoms with Crippen LogP contribution < -0.4 is 0 Å². The van der Waals surface area contributed by atoms with E-state index in [9.17, 15) is 0 Å². The SMILES string of the molecule is O=C(O)[AsH].[InH3].[SbH2]. The third kappa shape index (κ3) is 43.2. The van der Waals surface area contributed by atoms with Gasteiger partial charge in [-0.15, -0.1) is 0 Å². The van der Waals surface area contributed by atoms with Crippen molar-refractivity contribution in [2.75, 3.05) is 0 Å². The average molecular weight is 363 g/mol. The van der Waals surface area contributed by atoms with Crippen LogP contribution in [0.15, 0.2) is 0 Å². The minimum atomic E-state index is -0.833. The normalized spacial score (nSPS) is 4.17. The first-order valence-corrected chi connectivity index (χ1v) is 1.73. The maximum atomic E-state index is 9.00. The van der Waals surface area contributed by atoms with Crippen LogP contribution in [0.4, 0.5) is 4.79 Å². The Morgan fingerprint density at radius 1 is 1.67 bits per heavy atom. The van der Waals surface area contributed by atoms with E-state index in [1.807, 2.05) is 0 Å². The quantitative estimate of drug-likeness (QED) is 0.483. The van der Waals surface area contributed by atoms with Gasteiger partial charge in [0.2, 0.25) is 0 Å². The van der Waals surface area contributed by atoms with Crippen molar-refractivity contribution < 1.29 is 9.90 Å². The molecule has 0 aliphatic carbocycles. The van der Waals surface area contributed by atoms with Gasteiger partial charge in [-0.1, -0.05) is 0 Å². The van der Waals surface area contributed by atoms with Crippen LogP contribution in [0.2, 0.25) is 0 Å². The molecule has 0 heterocycles. The van der Waals surface area contributed by atoms with Crippen molar-refractivity contribution in [1.82, 2.24) is 0 Å². The predicted octanol–water partition coefficient (Wildman–Crippen LogP) is -2.53. The number of carboxylic acid groups (broad SMARTS) is 1. The van der Waals surface area contributed by atoms with E-state index in [1.165, 1.54) is 0 Å². The molecule has 0 aromatic carbocycles. The third-order valence-electron chi connectivity index (χ3n) is 0. The zero-order valence-electron chi connectivity index (χ0n) is 2.43. The molecular weight excluding hydrogens is 356 g/mol. The molecule has 2 radical (unpaired) electrons. The standard InChI is InChI=1S/CH2AsO2.In.Sb.5H/c2-1(3)4;;;;;;;/h2H,(H,3,4);;;;;;;. The van der Waals surface area contributed by atoms with E-state index >= 15 is 0 Å². The number of carbonyl (C=O) groups is 1. The number of hydrogen-bond donors (Lipinski definition) is 1. The molecule has 1 N–H and O–H groups in total. The molecule has 0 bridgehead atoms. The van der Waals surface area contributed by atoms with Gasteiger partial charge in [0.1, 0.15) is 0 Å². The van der Waals surface area contributed by atoms with Crippen molar-refractivity contribution in [1.29, 1.82) is 0 Å². The molecule has 0 unspecified atom stereocenters. The zero-order valence-corrected chi connectivity index (χ0v) is 7.83. The van der Waals surface area contributed by atoms with Gasteiger partial charge < -0.3 is 0 Å². The Labute approximate surface area is 80.8 Å². The van der Waals surface area contributed by atoms with E-state index in [0.717, 1.165) is 16.9 Å². The second-order valence-electron chi connectivity index (χ2n) is 0.305. The van der Waals surface area contributed by atoms with Gasteiger partial charge >= 0.3 is 81.8 Å². The number of hydrogen-bond acceptors (Lipinski definition) is 1. The van der Waals surface area contributed by atoms with Crippen molar-refractivity contribution in [2.24, 2.45) is 0 Å². The molecule has 0 amide bonds. The summed E-state index contributed by atoms with van der Waals surface area (Å²) >= 11 is 1.08. The van der Waals surface area contributed by atoms with Gasteiger partial charge in [-0.3, -0.25) is 0 Å². The molecular formula is CH7AsInO2Sb. The summed E-state index contributed by atoms with van der Waals surface area (Å²) in [6.07, 6.45) is 0. The van der Waals surface area contributed by atoms with Gasteiger partial charge in [0.05, 0.1) is 0 Å². The second kappa shape index (κ2) is 9.87. The van der Waals surface area contributed by atoms with Crippen molar-refractivity contribution in [3.05, 3.63) is 0 Å². The Morgan fingerprint density at radius 3 is 1.67 bits per heavy atom. The van der Waals surface area contributed by atoms with E-state index in [4.69, 9.17) is 9.90 Å². The Balaban J connectivity index is -0.0000000450. The maximum absolute atomic E-state index is 9.00. The van der Waals surface area contributed by atoms with E-state index in [1.54, 1.807) is 0 Å². The molecule has 0 aromatic heterocycles. The summed E-state index contributed by atoms with van der Waals surface area (Å²) in [7, 11) is 0. The van der Waals surface area contributed by atoms with Gasteiger partial charge in [0.25, 0.3) is 0 Å². The van der Waals surface area contributed by atoms with Crippen LogP contribution >= 0.6 is 0 Å². The first kappa shape index (κ1) is 15.6. The van der Waals surface area contributed by atoms with Crippen LogP contribution in [0.5, 0.6) is 0 Å². The molecule has 0 aliphatic rings. The molecule has 36 valence electrons. The second-order valence-corrected chi connectivity index (χ2v) is 1.20. The molecule has 0 saturated carbocycles. The topological polar surface area (TPSA) is 37.3 Å². The van der Waals surface area contributed by atoms with Crippen molar-refractivity contribution in [3.63, 3.8) is 0 Å². The Kier molecular flexibility index (Phi) is 25.7. The fourth-order valence-electron chi connectivity index (χ4n) is 0. The van der Waals surface area contributed by atoms with Gasteiger partial charge in [-0.25, -0.2) is 0 Å². The zero-order chi connectivity index (χ0) is 3.58. The van der Waals surface area contributed by atoms with Crippen LogP contribution in [0.3, 0.4) is 0 Å². The molecule has 0 saturated heterocycles. The Morgan fingerprint density at radius 2 is 1.67 bits per heavy atom. The van der Waals surface area contributed by atoms with Gasteiger partial charge in [0, 0.05) is 0 Å². The third-order valence-corrected chi connectivity index (χ3v) is 0. The molecule has 0 rings (SSSR count). The van der Waals surface area contributed by atoms with E-state index in [0.29, 0.717) is 0 Å². The molecule has 0 atom stereocenters. The summed E-state index contributed by atoms with van der Waals surface area (Å²) in [5.74, 6) is 0. The van der Waals surface area contributed by atoms with Crippen molar-refractivity contribution in [2.45, 2.75) is 0 Å². The molecule has 2 nitrogen and oxygen atoms in total. The van der Waals surface area contributed by atoms with Crippen molar-refractivity contribution >= 4 is 71.9 Å². The minimum absolute atomic E-state index is 0. The fraction of sp³-hybridized carbons (Fsp3) is 0. The van der Waals surface area contributed by atoms with Crippen LogP contribution in [0, 0.1) is 0 Å². The van der Waals surface area contributed by atoms with Gasteiger partial charge in [-0.2, -0.15) is 0 Å². The van der Waals surface area contributed by atoms with E-state index in [2.05, 4.69) is 0 Å². The summed E-state index contributed by atoms with van der Waals surface area (Å²) in [5.41, 5.74) is 0. The molecule has 0 spiro atoms. The van der Waals surface area contributed by atoms with Crippen LogP contribution in [-0.2, 0) is 0 Å². The fourth-order valence-corrected chi connectivity index (χ4v) is 0. The number of rotatable bonds is 0. The average Bonchev–Trinajstić information content (AvgIpc) is 0.811. The summed E-state index contributed by atoms with van der Waals surface area (Å²) in [6.45, 7) is 0. The first-order valence-electron chi connectivity index (χ1n) is 0.678. The van der Waals surface area contributed by atoms with Crippen LogP contribution in [0.25, 0.3) is 0 Å². The molecule has 0 fully saturated rings. The summed E-state index contributed by atoms with van der Waals surface area (Å²) in [4.78, 5) is 9.00. The monoisotopic (exact) mass is 362 g/mol. The van der Waals surface area contributed by atoms with Crippen LogP contribution in [0.1, 0.15) is 0 Å². The summed E-state index contributed by atoms with van der Waals surface area (Å²) in [5, 5.41) is 7.42. The summed E-state index contributed by atoms with van der Waals surface area (Å²) in [6, 6.07) is 0. The van der Waals surface area contributed by atoms with E-state index < -0.39 is 4.76 Å². The van der Waals surface area contributed by atoms with Gasteiger partial charge in [-0.05, 0) is 0 Å². The van der Waals surface area contributed by atoms with Gasteiger partial charge in [0.15, 0.2) is 0 Å². The summed E-state index contributed by atoms with van der Waals surface area (Å²) < 4.78 is -0.833. The molecule has 0 aromatic rings. The predicted molar refractivity (Wildman–Crippen MR) is 33.7 cm³/mol. The Bertz CT molecular complexity index is 36.5. The molecule has 6 heavy (non-hydrogen) atoms. The van der Waals surface area contributed by atoms with E-state index in [-0.39, 0.29) is 50.3 Å².